The van der Waals surface area contributed by atoms with Gasteiger partial charge in [0.2, 0.25) is 0 Å². The average molecular weight is 348 g/mol. The van der Waals surface area contributed by atoms with Crippen molar-refractivity contribution in [2.45, 2.75) is 40.5 Å². The lowest BCUT2D eigenvalue weighted by atomic mass is 10.1. The molecule has 0 heterocycles. The Morgan fingerprint density at radius 2 is 1.36 bits per heavy atom. The molecule has 0 atom stereocenters. The first-order valence-corrected chi connectivity index (χ1v) is 8.83. The summed E-state index contributed by atoms with van der Waals surface area (Å²) < 4.78 is 13.0. The summed E-state index contributed by atoms with van der Waals surface area (Å²) in [5.41, 5.74) is 0.647. The molecule has 2 amide bonds. The van der Waals surface area contributed by atoms with Crippen LogP contribution in [0.2, 0.25) is 0 Å². The zero-order chi connectivity index (χ0) is 18.8. The van der Waals surface area contributed by atoms with Crippen LogP contribution in [0.15, 0.2) is 29.8 Å². The molecule has 1 rings (SSSR count). The third kappa shape index (κ3) is 8.47. The zero-order valence-electron chi connectivity index (χ0n) is 15.6. The first kappa shape index (κ1) is 20.9. The Kier molecular flexibility index (Phi) is 8.89. The van der Waals surface area contributed by atoms with E-state index in [2.05, 4.69) is 38.3 Å². The number of nitrogens with one attached hydrogen (secondary N) is 2. The highest BCUT2D eigenvalue weighted by molar-refractivity contribution is 6.21. The van der Waals surface area contributed by atoms with Crippen molar-refractivity contribution in [1.82, 2.24) is 10.6 Å². The van der Waals surface area contributed by atoms with Gasteiger partial charge in [0, 0.05) is 13.1 Å². The minimum absolute atomic E-state index is 0.0409. The van der Waals surface area contributed by atoms with E-state index in [1.165, 1.54) is 30.3 Å². The highest BCUT2D eigenvalue weighted by Crippen LogP contribution is 2.10. The van der Waals surface area contributed by atoms with E-state index in [1.807, 2.05) is 0 Å². The summed E-state index contributed by atoms with van der Waals surface area (Å²) >= 11 is 0. The Hall–Kier alpha value is -2.17. The number of hydrogen-bond donors (Lipinski definition) is 2. The second kappa shape index (κ2) is 10.6. The monoisotopic (exact) mass is 348 g/mol. The van der Waals surface area contributed by atoms with E-state index in [-0.39, 0.29) is 11.4 Å². The van der Waals surface area contributed by atoms with Crippen LogP contribution in [-0.2, 0) is 9.59 Å². The summed E-state index contributed by atoms with van der Waals surface area (Å²) in [5.74, 6) is -0.255. The second-order valence-corrected chi connectivity index (χ2v) is 6.99. The van der Waals surface area contributed by atoms with Crippen molar-refractivity contribution in [2.24, 2.45) is 11.8 Å². The number of hydrogen-bond acceptors (Lipinski definition) is 2. The van der Waals surface area contributed by atoms with Gasteiger partial charge in [-0.2, -0.15) is 0 Å². The van der Waals surface area contributed by atoms with Crippen molar-refractivity contribution in [1.29, 1.82) is 0 Å². The Bertz CT molecular complexity index is 564. The SMILES string of the molecule is CC(C)CCNC(=O)C(=Cc1ccc(F)cc1)C(=O)NCCC(C)C. The van der Waals surface area contributed by atoms with E-state index >= 15 is 0 Å². The van der Waals surface area contributed by atoms with Crippen molar-refractivity contribution in [3.8, 4) is 0 Å². The molecule has 0 aliphatic rings. The van der Waals surface area contributed by atoms with Crippen molar-refractivity contribution in [3.63, 3.8) is 0 Å². The maximum Gasteiger partial charge on any atom is 0.256 e. The van der Waals surface area contributed by atoms with Gasteiger partial charge in [-0.3, -0.25) is 9.59 Å². The quantitative estimate of drug-likeness (QED) is 0.407. The molecule has 0 saturated carbocycles. The van der Waals surface area contributed by atoms with E-state index in [0.717, 1.165) is 12.8 Å². The lowest BCUT2D eigenvalue weighted by Gasteiger charge is -2.12. The van der Waals surface area contributed by atoms with E-state index in [4.69, 9.17) is 0 Å². The first-order valence-electron chi connectivity index (χ1n) is 8.83. The molecule has 0 unspecified atom stereocenters. The number of carbonyl (C=O) groups is 2. The highest BCUT2D eigenvalue weighted by atomic mass is 19.1. The predicted octanol–water partition coefficient (Wildman–Crippen LogP) is 3.53. The second-order valence-electron chi connectivity index (χ2n) is 6.99. The molecule has 0 bridgehead atoms. The standard InChI is InChI=1S/C20H29FN2O2/c1-14(2)9-11-22-19(24)18(20(25)23-12-10-15(3)4)13-16-5-7-17(21)8-6-16/h5-8,13-15H,9-12H2,1-4H3,(H,22,24)(H,23,25). The summed E-state index contributed by atoms with van der Waals surface area (Å²) in [5, 5.41) is 5.57. The van der Waals surface area contributed by atoms with Crippen LogP contribution in [0.4, 0.5) is 4.39 Å². The maximum atomic E-state index is 13.0. The molecule has 0 fully saturated rings. The van der Waals surface area contributed by atoms with Gasteiger partial charge in [0.15, 0.2) is 0 Å². The van der Waals surface area contributed by atoms with Gasteiger partial charge in [-0.15, -0.1) is 0 Å². The molecule has 0 aromatic heterocycles. The van der Waals surface area contributed by atoms with Crippen LogP contribution in [-0.4, -0.2) is 24.9 Å². The summed E-state index contributed by atoms with van der Waals surface area (Å²) in [6, 6.07) is 5.68. The van der Waals surface area contributed by atoms with Crippen LogP contribution in [0.25, 0.3) is 6.08 Å². The van der Waals surface area contributed by atoms with Gasteiger partial charge in [0.25, 0.3) is 11.8 Å². The topological polar surface area (TPSA) is 58.2 Å². The Morgan fingerprint density at radius 3 is 1.76 bits per heavy atom. The number of benzene rings is 1. The number of amides is 2. The van der Waals surface area contributed by atoms with E-state index in [0.29, 0.717) is 30.5 Å². The first-order chi connectivity index (χ1) is 11.8. The number of carbonyl (C=O) groups excluding carboxylic acids is 2. The van der Waals surface area contributed by atoms with Gasteiger partial charge in [-0.05, 0) is 48.4 Å². The fraction of sp³-hybridized carbons (Fsp3) is 0.500. The van der Waals surface area contributed by atoms with Crippen LogP contribution < -0.4 is 10.6 Å². The molecule has 2 N–H and O–H groups in total. The van der Waals surface area contributed by atoms with E-state index in [1.54, 1.807) is 0 Å². The Labute approximate surface area is 149 Å². The largest absolute Gasteiger partial charge is 0.352 e. The number of rotatable bonds is 9. The van der Waals surface area contributed by atoms with Gasteiger partial charge < -0.3 is 10.6 Å². The van der Waals surface area contributed by atoms with Crippen LogP contribution in [0, 0.1) is 17.7 Å². The molecule has 25 heavy (non-hydrogen) atoms. The lowest BCUT2D eigenvalue weighted by molar-refractivity contribution is -0.123. The van der Waals surface area contributed by atoms with Crippen molar-refractivity contribution >= 4 is 17.9 Å². The normalized spacial score (nSPS) is 10.7. The third-order valence-electron chi connectivity index (χ3n) is 3.68. The van der Waals surface area contributed by atoms with Crippen molar-refractivity contribution in [3.05, 3.63) is 41.2 Å². The fourth-order valence-corrected chi connectivity index (χ4v) is 2.10. The maximum absolute atomic E-state index is 13.0. The van der Waals surface area contributed by atoms with Crippen LogP contribution in [0.1, 0.15) is 46.1 Å². The molecular formula is C20H29FN2O2. The summed E-state index contributed by atoms with van der Waals surface area (Å²) in [7, 11) is 0. The van der Waals surface area contributed by atoms with Gasteiger partial charge in [-0.1, -0.05) is 39.8 Å². The predicted molar refractivity (Wildman–Crippen MR) is 99.3 cm³/mol. The summed E-state index contributed by atoms with van der Waals surface area (Å²) in [4.78, 5) is 24.8. The average Bonchev–Trinajstić information content (AvgIpc) is 2.53. The summed E-state index contributed by atoms with van der Waals surface area (Å²) in [6.07, 6.45) is 3.17. The van der Waals surface area contributed by atoms with Gasteiger partial charge in [-0.25, -0.2) is 4.39 Å². The molecule has 0 aliphatic carbocycles. The molecule has 1 aromatic rings. The molecule has 0 radical (unpaired) electrons. The molecule has 4 nitrogen and oxygen atoms in total. The van der Waals surface area contributed by atoms with Crippen molar-refractivity contribution < 1.29 is 14.0 Å². The Balaban J connectivity index is 2.86. The molecule has 0 spiro atoms. The number of halogens is 1. The lowest BCUT2D eigenvalue weighted by Crippen LogP contribution is -2.36. The molecule has 0 saturated heterocycles. The fourth-order valence-electron chi connectivity index (χ4n) is 2.10. The van der Waals surface area contributed by atoms with Crippen LogP contribution >= 0.6 is 0 Å². The minimum atomic E-state index is -0.410. The molecule has 138 valence electrons. The van der Waals surface area contributed by atoms with E-state index in [9.17, 15) is 14.0 Å². The highest BCUT2D eigenvalue weighted by Gasteiger charge is 2.18. The van der Waals surface area contributed by atoms with E-state index < -0.39 is 11.8 Å². The summed E-state index contributed by atoms with van der Waals surface area (Å²) in [6.45, 7) is 9.30. The Morgan fingerprint density at radius 1 is 0.920 bits per heavy atom. The van der Waals surface area contributed by atoms with Crippen LogP contribution in [0.3, 0.4) is 0 Å². The van der Waals surface area contributed by atoms with Gasteiger partial charge in [0.05, 0.1) is 0 Å². The molecule has 1 aromatic carbocycles. The molecular weight excluding hydrogens is 319 g/mol. The zero-order valence-corrected chi connectivity index (χ0v) is 15.6. The van der Waals surface area contributed by atoms with Crippen molar-refractivity contribution in [2.75, 3.05) is 13.1 Å². The minimum Gasteiger partial charge on any atom is -0.352 e. The molecule has 5 heteroatoms. The third-order valence-corrected chi connectivity index (χ3v) is 3.68. The molecule has 0 aliphatic heterocycles. The van der Waals surface area contributed by atoms with Gasteiger partial charge in [0.1, 0.15) is 11.4 Å². The van der Waals surface area contributed by atoms with Gasteiger partial charge >= 0.3 is 0 Å². The smallest absolute Gasteiger partial charge is 0.256 e. The van der Waals surface area contributed by atoms with Crippen LogP contribution in [0.5, 0.6) is 0 Å².